The molecule has 1 heterocycles. The summed E-state index contributed by atoms with van der Waals surface area (Å²) in [4.78, 5) is 2.65. The molecule has 1 aliphatic heterocycles. The van der Waals surface area contributed by atoms with Gasteiger partial charge in [-0.25, -0.2) is 0 Å². The fourth-order valence-electron chi connectivity index (χ4n) is 3.43. The lowest BCUT2D eigenvalue weighted by molar-refractivity contribution is 0.153. The van der Waals surface area contributed by atoms with Crippen LogP contribution in [0.1, 0.15) is 50.3 Å². The molecule has 0 aromatic heterocycles. The van der Waals surface area contributed by atoms with Crippen molar-refractivity contribution in [2.45, 2.75) is 46.1 Å². The summed E-state index contributed by atoms with van der Waals surface area (Å²) in [6.07, 6.45) is 3.96. The van der Waals surface area contributed by atoms with E-state index in [0.29, 0.717) is 6.04 Å². The van der Waals surface area contributed by atoms with Gasteiger partial charge >= 0.3 is 0 Å². The first-order valence-corrected chi connectivity index (χ1v) is 8.56. The van der Waals surface area contributed by atoms with Crippen LogP contribution < -0.4 is 5.32 Å². The first kappa shape index (κ1) is 16.5. The first-order chi connectivity index (χ1) is 10.1. The molecular formula is C19H32N2. The molecule has 0 saturated carbocycles. The van der Waals surface area contributed by atoms with Gasteiger partial charge in [0.15, 0.2) is 0 Å². The average molecular weight is 288 g/mol. The smallest absolute Gasteiger partial charge is 0.0329 e. The van der Waals surface area contributed by atoms with Crippen LogP contribution in [0, 0.1) is 18.8 Å². The highest BCUT2D eigenvalue weighted by Crippen LogP contribution is 2.25. The summed E-state index contributed by atoms with van der Waals surface area (Å²) in [5.41, 5.74) is 2.75. The maximum absolute atomic E-state index is 3.48. The molecule has 1 saturated heterocycles. The summed E-state index contributed by atoms with van der Waals surface area (Å²) >= 11 is 0. The predicted octanol–water partition coefficient (Wildman–Crippen LogP) is 4.01. The van der Waals surface area contributed by atoms with E-state index in [-0.39, 0.29) is 0 Å². The van der Waals surface area contributed by atoms with Crippen molar-refractivity contribution in [1.29, 1.82) is 0 Å². The van der Waals surface area contributed by atoms with Gasteiger partial charge in [0.25, 0.3) is 0 Å². The van der Waals surface area contributed by atoms with Crippen molar-refractivity contribution in [1.82, 2.24) is 10.2 Å². The molecule has 1 aliphatic rings. The molecule has 21 heavy (non-hydrogen) atoms. The quantitative estimate of drug-likeness (QED) is 0.850. The Labute approximate surface area is 130 Å². The van der Waals surface area contributed by atoms with E-state index in [1.807, 2.05) is 0 Å². The first-order valence-electron chi connectivity index (χ1n) is 8.56. The summed E-state index contributed by atoms with van der Waals surface area (Å²) < 4.78 is 0. The molecule has 2 heteroatoms. The number of nitrogens with zero attached hydrogens (tertiary/aromatic N) is 1. The highest BCUT2D eigenvalue weighted by Gasteiger charge is 2.22. The summed E-state index contributed by atoms with van der Waals surface area (Å²) in [7, 11) is 2.08. The zero-order valence-corrected chi connectivity index (χ0v) is 14.2. The fraction of sp³-hybridized carbons (Fsp3) is 0.684. The number of piperidine rings is 1. The number of benzene rings is 1. The molecule has 2 nitrogen and oxygen atoms in total. The van der Waals surface area contributed by atoms with Crippen LogP contribution in [0.2, 0.25) is 0 Å². The molecular weight excluding hydrogens is 256 g/mol. The van der Waals surface area contributed by atoms with E-state index in [4.69, 9.17) is 0 Å². The molecule has 1 atom stereocenters. The normalized spacial score (nSPS) is 19.1. The Hall–Kier alpha value is -0.860. The second-order valence-electron chi connectivity index (χ2n) is 6.96. The minimum Gasteiger partial charge on any atom is -0.313 e. The van der Waals surface area contributed by atoms with Crippen LogP contribution >= 0.6 is 0 Å². The lowest BCUT2D eigenvalue weighted by atomic mass is 9.86. The molecule has 0 amide bonds. The van der Waals surface area contributed by atoms with Crippen molar-refractivity contribution in [2.75, 3.05) is 26.7 Å². The van der Waals surface area contributed by atoms with Crippen LogP contribution in [-0.2, 0) is 0 Å². The molecule has 0 aliphatic carbocycles. The summed E-state index contributed by atoms with van der Waals surface area (Å²) in [6, 6.07) is 9.44. The van der Waals surface area contributed by atoms with Crippen LogP contribution in [-0.4, -0.2) is 31.6 Å². The van der Waals surface area contributed by atoms with Crippen LogP contribution in [0.25, 0.3) is 0 Å². The van der Waals surface area contributed by atoms with Crippen molar-refractivity contribution < 1.29 is 0 Å². The van der Waals surface area contributed by atoms with E-state index in [9.17, 15) is 0 Å². The Bertz CT molecular complexity index is 402. The molecule has 0 radical (unpaired) electrons. The Morgan fingerprint density at radius 1 is 1.14 bits per heavy atom. The van der Waals surface area contributed by atoms with Gasteiger partial charge < -0.3 is 10.2 Å². The highest BCUT2D eigenvalue weighted by atomic mass is 15.1. The Morgan fingerprint density at radius 2 is 1.76 bits per heavy atom. The van der Waals surface area contributed by atoms with E-state index in [1.54, 1.807) is 0 Å². The second kappa shape index (κ2) is 7.95. The summed E-state index contributed by atoms with van der Waals surface area (Å²) in [5, 5.41) is 3.48. The van der Waals surface area contributed by atoms with Crippen LogP contribution in [0.5, 0.6) is 0 Å². The van der Waals surface area contributed by atoms with Gasteiger partial charge in [0.2, 0.25) is 0 Å². The molecule has 1 fully saturated rings. The number of aryl methyl sites for hydroxylation is 1. The largest absolute Gasteiger partial charge is 0.313 e. The third-order valence-electron chi connectivity index (χ3n) is 5.14. The molecule has 1 aromatic carbocycles. The maximum Gasteiger partial charge on any atom is 0.0329 e. The minimum absolute atomic E-state index is 0.480. The predicted molar refractivity (Wildman–Crippen MR) is 91.6 cm³/mol. The Balaban J connectivity index is 1.80. The monoisotopic (exact) mass is 288 g/mol. The van der Waals surface area contributed by atoms with E-state index in [2.05, 4.69) is 62.3 Å². The SMILES string of the molecule is CNC(CCN1CCC(C(C)C)CC1)c1ccc(C)cc1. The van der Waals surface area contributed by atoms with E-state index in [0.717, 1.165) is 11.8 Å². The van der Waals surface area contributed by atoms with Gasteiger partial charge in [-0.3, -0.25) is 0 Å². The molecule has 0 spiro atoms. The van der Waals surface area contributed by atoms with Gasteiger partial charge in [-0.2, -0.15) is 0 Å². The lowest BCUT2D eigenvalue weighted by Crippen LogP contribution is -2.37. The van der Waals surface area contributed by atoms with Crippen molar-refractivity contribution in [3.05, 3.63) is 35.4 Å². The highest BCUT2D eigenvalue weighted by molar-refractivity contribution is 5.24. The fourth-order valence-corrected chi connectivity index (χ4v) is 3.43. The van der Waals surface area contributed by atoms with Gasteiger partial charge in [-0.1, -0.05) is 43.7 Å². The second-order valence-corrected chi connectivity index (χ2v) is 6.96. The Kier molecular flexibility index (Phi) is 6.25. The number of rotatable bonds is 6. The summed E-state index contributed by atoms with van der Waals surface area (Å²) in [5.74, 6) is 1.79. The number of likely N-dealkylation sites (tertiary alicyclic amines) is 1. The molecule has 0 bridgehead atoms. The standard InChI is InChI=1S/C19H32N2/c1-15(2)17-9-12-21(13-10-17)14-11-19(20-4)18-7-5-16(3)6-8-18/h5-8,15,17,19-20H,9-14H2,1-4H3. The van der Waals surface area contributed by atoms with Crippen LogP contribution in [0.3, 0.4) is 0 Å². The van der Waals surface area contributed by atoms with Crippen molar-refractivity contribution in [3.63, 3.8) is 0 Å². The third kappa shape index (κ3) is 4.82. The molecule has 118 valence electrons. The van der Waals surface area contributed by atoms with Crippen molar-refractivity contribution >= 4 is 0 Å². The van der Waals surface area contributed by atoms with Crippen molar-refractivity contribution in [3.8, 4) is 0 Å². The number of hydrogen-bond acceptors (Lipinski definition) is 2. The number of hydrogen-bond donors (Lipinski definition) is 1. The van der Waals surface area contributed by atoms with E-state index < -0.39 is 0 Å². The molecule has 1 N–H and O–H groups in total. The van der Waals surface area contributed by atoms with Gasteiger partial charge in [-0.15, -0.1) is 0 Å². The lowest BCUT2D eigenvalue weighted by Gasteiger charge is -2.34. The summed E-state index contributed by atoms with van der Waals surface area (Å²) in [6.45, 7) is 10.7. The van der Waals surface area contributed by atoms with Crippen LogP contribution in [0.4, 0.5) is 0 Å². The maximum atomic E-state index is 3.48. The minimum atomic E-state index is 0.480. The average Bonchev–Trinajstić information content (AvgIpc) is 2.50. The zero-order valence-electron chi connectivity index (χ0n) is 14.2. The molecule has 1 aromatic rings. The molecule has 2 rings (SSSR count). The van der Waals surface area contributed by atoms with Gasteiger partial charge in [0.1, 0.15) is 0 Å². The van der Waals surface area contributed by atoms with Gasteiger partial charge in [0, 0.05) is 6.04 Å². The van der Waals surface area contributed by atoms with Gasteiger partial charge in [-0.05, 0) is 70.3 Å². The van der Waals surface area contributed by atoms with E-state index >= 15 is 0 Å². The van der Waals surface area contributed by atoms with E-state index in [1.165, 1.54) is 50.0 Å². The van der Waals surface area contributed by atoms with Gasteiger partial charge in [0.05, 0.1) is 0 Å². The third-order valence-corrected chi connectivity index (χ3v) is 5.14. The topological polar surface area (TPSA) is 15.3 Å². The zero-order chi connectivity index (χ0) is 15.2. The molecule has 1 unspecified atom stereocenters. The van der Waals surface area contributed by atoms with Crippen molar-refractivity contribution in [2.24, 2.45) is 11.8 Å². The Morgan fingerprint density at radius 3 is 2.29 bits per heavy atom. The number of nitrogens with one attached hydrogen (secondary N) is 1. The van der Waals surface area contributed by atoms with Crippen LogP contribution in [0.15, 0.2) is 24.3 Å².